The number of pyridine rings is 1. The lowest BCUT2D eigenvalue weighted by Gasteiger charge is -2.15. The number of hydrogen-bond acceptors (Lipinski definition) is 5. The van der Waals surface area contributed by atoms with Gasteiger partial charge < -0.3 is 4.74 Å². The quantitative estimate of drug-likeness (QED) is 0.814. The number of aromatic nitrogens is 1. The number of nitrogens with zero attached hydrogens (tertiary/aromatic N) is 2. The summed E-state index contributed by atoms with van der Waals surface area (Å²) < 4.78 is 5.67. The Morgan fingerprint density at radius 1 is 1.24 bits per heavy atom. The summed E-state index contributed by atoms with van der Waals surface area (Å²) in [4.78, 5) is 18.4. The van der Waals surface area contributed by atoms with Crippen molar-refractivity contribution in [3.8, 4) is 5.75 Å². The summed E-state index contributed by atoms with van der Waals surface area (Å²) in [6, 6.07) is 12.8. The molecule has 3 rings (SSSR count). The second kappa shape index (κ2) is 5.83. The highest BCUT2D eigenvalue weighted by Crippen LogP contribution is 2.41. The zero-order chi connectivity index (χ0) is 14.8. The normalized spacial score (nSPS) is 18.1. The van der Waals surface area contributed by atoms with Crippen LogP contribution in [0.1, 0.15) is 10.9 Å². The molecule has 2 heterocycles. The van der Waals surface area contributed by atoms with Gasteiger partial charge in [0.15, 0.2) is 0 Å². The van der Waals surface area contributed by atoms with E-state index < -0.39 is 0 Å². The van der Waals surface area contributed by atoms with Crippen LogP contribution in [-0.2, 0) is 4.79 Å². The molecule has 1 aliphatic heterocycles. The van der Waals surface area contributed by atoms with Crippen LogP contribution in [0.15, 0.2) is 48.7 Å². The van der Waals surface area contributed by atoms with Gasteiger partial charge in [-0.3, -0.25) is 14.7 Å². The van der Waals surface area contributed by atoms with E-state index in [2.05, 4.69) is 4.98 Å². The molecule has 6 heteroatoms. The van der Waals surface area contributed by atoms with Crippen LogP contribution < -0.4 is 9.64 Å². The number of ether oxygens (including phenoxy) is 1. The van der Waals surface area contributed by atoms with Crippen molar-refractivity contribution >= 4 is 39.9 Å². The lowest BCUT2D eigenvalue weighted by Crippen LogP contribution is -2.29. The van der Waals surface area contributed by atoms with Crippen molar-refractivity contribution in [1.29, 1.82) is 0 Å². The van der Waals surface area contributed by atoms with Gasteiger partial charge in [0.05, 0.1) is 18.5 Å². The fourth-order valence-electron chi connectivity index (χ4n) is 2.09. The van der Waals surface area contributed by atoms with Gasteiger partial charge in [0.2, 0.25) is 0 Å². The summed E-state index contributed by atoms with van der Waals surface area (Å²) in [5.41, 5.74) is 1.47. The number of amides is 1. The van der Waals surface area contributed by atoms with Gasteiger partial charge in [0.25, 0.3) is 5.91 Å². The number of hydrogen-bond donors (Lipinski definition) is 0. The number of anilines is 1. The van der Waals surface area contributed by atoms with E-state index in [1.807, 2.05) is 42.5 Å². The topological polar surface area (TPSA) is 42.4 Å². The van der Waals surface area contributed by atoms with E-state index in [4.69, 9.17) is 17.0 Å². The number of benzene rings is 1. The third kappa shape index (κ3) is 2.64. The first-order chi connectivity index (χ1) is 10.2. The van der Waals surface area contributed by atoms with Crippen LogP contribution in [0.5, 0.6) is 5.75 Å². The predicted molar refractivity (Wildman–Crippen MR) is 87.6 cm³/mol. The molecular weight excluding hydrogens is 304 g/mol. The predicted octanol–water partition coefficient (Wildman–Crippen LogP) is 3.20. The maximum absolute atomic E-state index is 12.6. The van der Waals surface area contributed by atoms with Gasteiger partial charge >= 0.3 is 0 Å². The summed E-state index contributed by atoms with van der Waals surface area (Å²) in [6.07, 6.45) is 1.68. The van der Waals surface area contributed by atoms with Crippen molar-refractivity contribution in [3.05, 3.63) is 54.4 Å². The minimum absolute atomic E-state index is 0.0612. The molecular formula is C15H12N2O2S2. The molecule has 1 aromatic carbocycles. The largest absolute Gasteiger partial charge is 0.497 e. The van der Waals surface area contributed by atoms with Gasteiger partial charge in [-0.15, -0.1) is 0 Å². The molecule has 1 fully saturated rings. The van der Waals surface area contributed by atoms with E-state index in [9.17, 15) is 4.79 Å². The van der Waals surface area contributed by atoms with Crippen molar-refractivity contribution < 1.29 is 9.53 Å². The number of thioether (sulfide) groups is 1. The highest BCUT2D eigenvalue weighted by molar-refractivity contribution is 8.24. The molecule has 21 heavy (non-hydrogen) atoms. The molecule has 1 atom stereocenters. The molecule has 1 aliphatic rings. The summed E-state index contributed by atoms with van der Waals surface area (Å²) in [5, 5.41) is -0.374. The molecule has 1 amide bonds. The monoisotopic (exact) mass is 316 g/mol. The second-order valence-electron chi connectivity index (χ2n) is 4.39. The Morgan fingerprint density at radius 3 is 2.62 bits per heavy atom. The van der Waals surface area contributed by atoms with Crippen LogP contribution in [0.3, 0.4) is 0 Å². The van der Waals surface area contributed by atoms with Gasteiger partial charge in [-0.25, -0.2) is 0 Å². The maximum atomic E-state index is 12.6. The maximum Gasteiger partial charge on any atom is 0.252 e. The van der Waals surface area contributed by atoms with E-state index in [0.717, 1.165) is 17.1 Å². The van der Waals surface area contributed by atoms with Crippen molar-refractivity contribution in [3.63, 3.8) is 0 Å². The summed E-state index contributed by atoms with van der Waals surface area (Å²) in [5.74, 6) is 0.680. The van der Waals surface area contributed by atoms with E-state index >= 15 is 0 Å². The molecule has 2 aromatic rings. The van der Waals surface area contributed by atoms with Crippen molar-refractivity contribution in [1.82, 2.24) is 4.98 Å². The van der Waals surface area contributed by atoms with Crippen LogP contribution in [0.4, 0.5) is 5.69 Å². The average molecular weight is 316 g/mol. The van der Waals surface area contributed by atoms with Crippen LogP contribution in [0.2, 0.25) is 0 Å². The molecule has 0 bridgehead atoms. The Kier molecular flexibility index (Phi) is 3.90. The van der Waals surface area contributed by atoms with Gasteiger partial charge in [-0.05, 0) is 36.4 Å². The van der Waals surface area contributed by atoms with Crippen molar-refractivity contribution in [2.24, 2.45) is 0 Å². The van der Waals surface area contributed by atoms with E-state index in [1.54, 1.807) is 18.2 Å². The third-order valence-electron chi connectivity index (χ3n) is 3.13. The lowest BCUT2D eigenvalue weighted by molar-refractivity contribution is -0.117. The van der Waals surface area contributed by atoms with Crippen LogP contribution in [0, 0.1) is 0 Å². The first-order valence-corrected chi connectivity index (χ1v) is 7.59. The summed E-state index contributed by atoms with van der Waals surface area (Å²) in [6.45, 7) is 0. The summed E-state index contributed by atoms with van der Waals surface area (Å²) in [7, 11) is 1.60. The van der Waals surface area contributed by atoms with E-state index in [-0.39, 0.29) is 11.2 Å². The highest BCUT2D eigenvalue weighted by atomic mass is 32.2. The van der Waals surface area contributed by atoms with Crippen LogP contribution in [0.25, 0.3) is 0 Å². The molecule has 0 aliphatic carbocycles. The first kappa shape index (κ1) is 14.0. The molecule has 1 saturated heterocycles. The Labute approximate surface area is 132 Å². The van der Waals surface area contributed by atoms with E-state index in [0.29, 0.717) is 4.32 Å². The SMILES string of the molecule is COc1ccc(N2C(=O)C(c3ccccn3)SC2=S)cc1. The second-order valence-corrected chi connectivity index (χ2v) is 6.13. The smallest absolute Gasteiger partial charge is 0.252 e. The lowest BCUT2D eigenvalue weighted by atomic mass is 10.2. The standard InChI is InChI=1S/C15H12N2O2S2/c1-19-11-7-5-10(6-8-11)17-14(18)13(21-15(17)20)12-4-2-3-9-16-12/h2-9,13H,1H3. The van der Waals surface area contributed by atoms with Gasteiger partial charge in [-0.2, -0.15) is 0 Å². The van der Waals surface area contributed by atoms with Gasteiger partial charge in [-0.1, -0.05) is 30.0 Å². The third-order valence-corrected chi connectivity index (χ3v) is 4.67. The Hall–Kier alpha value is -1.92. The molecule has 0 N–H and O–H groups in total. The zero-order valence-corrected chi connectivity index (χ0v) is 12.9. The summed E-state index contributed by atoms with van der Waals surface area (Å²) >= 11 is 6.70. The fourth-order valence-corrected chi connectivity index (χ4v) is 3.55. The molecule has 106 valence electrons. The van der Waals surface area contributed by atoms with Gasteiger partial charge in [0, 0.05) is 6.20 Å². The number of carbonyl (C=O) groups excluding carboxylic acids is 1. The Balaban J connectivity index is 1.90. The Morgan fingerprint density at radius 2 is 2.00 bits per heavy atom. The number of thiocarbonyl (C=S) groups is 1. The van der Waals surface area contributed by atoms with Gasteiger partial charge in [0.1, 0.15) is 15.3 Å². The van der Waals surface area contributed by atoms with Crippen LogP contribution >= 0.6 is 24.0 Å². The number of rotatable bonds is 3. The average Bonchev–Trinajstić information content (AvgIpc) is 2.83. The molecule has 0 spiro atoms. The number of carbonyl (C=O) groups is 1. The van der Waals surface area contributed by atoms with E-state index in [1.165, 1.54) is 11.8 Å². The number of methoxy groups -OCH3 is 1. The Bertz CT molecular complexity index is 674. The molecule has 1 aromatic heterocycles. The molecule has 0 radical (unpaired) electrons. The fraction of sp³-hybridized carbons (Fsp3) is 0.133. The molecule has 4 nitrogen and oxygen atoms in total. The minimum Gasteiger partial charge on any atom is -0.497 e. The zero-order valence-electron chi connectivity index (χ0n) is 11.2. The van der Waals surface area contributed by atoms with Crippen molar-refractivity contribution in [2.75, 3.05) is 12.0 Å². The minimum atomic E-state index is -0.374. The highest BCUT2D eigenvalue weighted by Gasteiger charge is 2.39. The molecule has 0 saturated carbocycles. The van der Waals surface area contributed by atoms with Crippen molar-refractivity contribution in [2.45, 2.75) is 5.25 Å². The molecule has 1 unspecified atom stereocenters. The van der Waals surface area contributed by atoms with Crippen LogP contribution in [-0.4, -0.2) is 22.3 Å². The first-order valence-electron chi connectivity index (χ1n) is 6.30.